The molecule has 0 bridgehead atoms. The van der Waals surface area contributed by atoms with Crippen LogP contribution in [0.3, 0.4) is 0 Å². The van der Waals surface area contributed by atoms with Gasteiger partial charge in [-0.1, -0.05) is 51.3 Å². The maximum atomic E-state index is 12.2. The number of esters is 1. The van der Waals surface area contributed by atoms with E-state index in [2.05, 4.69) is 6.92 Å². The number of carbonyl (C=O) groups excluding carboxylic acids is 1. The summed E-state index contributed by atoms with van der Waals surface area (Å²) in [5, 5.41) is 0. The largest absolute Gasteiger partial charge is 0.432 e. The Balaban J connectivity index is 2.34. The topological polar surface area (TPSA) is 44.8 Å². The number of hydrogen-bond acceptors (Lipinski definition) is 4. The lowest BCUT2D eigenvalue weighted by Gasteiger charge is -2.20. The third kappa shape index (κ3) is 7.62. The van der Waals surface area contributed by atoms with Gasteiger partial charge in [-0.3, -0.25) is 0 Å². The zero-order chi connectivity index (χ0) is 17.1. The molecule has 0 heterocycles. The normalized spacial score (nSPS) is 13.6. The van der Waals surface area contributed by atoms with E-state index >= 15 is 0 Å². The Kier molecular flexibility index (Phi) is 9.57. The predicted octanol–water partition coefficient (Wildman–Crippen LogP) is 4.71. The number of unbranched alkanes of at least 4 members (excludes halogenated alkanes) is 3. The van der Waals surface area contributed by atoms with E-state index in [9.17, 15) is 4.79 Å². The molecule has 0 aliphatic heterocycles. The second-order valence-electron chi connectivity index (χ2n) is 5.62. The molecule has 130 valence electrons. The molecule has 1 aromatic rings. The van der Waals surface area contributed by atoms with Crippen molar-refractivity contribution >= 4 is 5.97 Å². The standard InChI is InChI=1S/C19H30O4/c1-5-7-8-11-14-21-15(3)22-16(4)23-19(20)18-13-10-9-12-17(18)6-2/h9-10,12-13,15-16H,5-8,11,14H2,1-4H3. The van der Waals surface area contributed by atoms with Gasteiger partial charge in [-0.05, 0) is 38.3 Å². The van der Waals surface area contributed by atoms with Crippen LogP contribution in [0.2, 0.25) is 0 Å². The Hall–Kier alpha value is -1.39. The van der Waals surface area contributed by atoms with Crippen molar-refractivity contribution in [3.63, 3.8) is 0 Å². The fourth-order valence-electron chi connectivity index (χ4n) is 2.36. The molecular formula is C19H30O4. The fraction of sp³-hybridized carbons (Fsp3) is 0.632. The molecule has 0 spiro atoms. The van der Waals surface area contributed by atoms with Crippen LogP contribution in [0.1, 0.15) is 69.3 Å². The highest BCUT2D eigenvalue weighted by molar-refractivity contribution is 5.91. The van der Waals surface area contributed by atoms with Crippen LogP contribution in [0, 0.1) is 0 Å². The summed E-state index contributed by atoms with van der Waals surface area (Å²) in [5.41, 5.74) is 1.57. The highest BCUT2D eigenvalue weighted by Gasteiger charge is 2.17. The molecule has 4 heteroatoms. The molecule has 2 atom stereocenters. The van der Waals surface area contributed by atoms with Crippen LogP contribution in [-0.2, 0) is 20.6 Å². The zero-order valence-electron chi connectivity index (χ0n) is 14.8. The summed E-state index contributed by atoms with van der Waals surface area (Å²) < 4.78 is 16.5. The first-order valence-corrected chi connectivity index (χ1v) is 8.64. The predicted molar refractivity (Wildman–Crippen MR) is 91.3 cm³/mol. The van der Waals surface area contributed by atoms with Gasteiger partial charge < -0.3 is 14.2 Å². The number of carbonyl (C=O) groups is 1. The fourth-order valence-corrected chi connectivity index (χ4v) is 2.36. The van der Waals surface area contributed by atoms with Gasteiger partial charge in [-0.25, -0.2) is 4.79 Å². The summed E-state index contributed by atoms with van der Waals surface area (Å²) in [6, 6.07) is 7.47. The first kappa shape index (κ1) is 19.7. The lowest BCUT2D eigenvalue weighted by atomic mass is 10.1. The number of aryl methyl sites for hydroxylation is 1. The molecular weight excluding hydrogens is 292 g/mol. The molecule has 23 heavy (non-hydrogen) atoms. The van der Waals surface area contributed by atoms with Crippen LogP contribution < -0.4 is 0 Å². The summed E-state index contributed by atoms with van der Waals surface area (Å²) in [6.07, 6.45) is 4.39. The highest BCUT2D eigenvalue weighted by Crippen LogP contribution is 2.13. The Labute approximate surface area is 140 Å². The van der Waals surface area contributed by atoms with Crippen molar-refractivity contribution in [2.24, 2.45) is 0 Å². The maximum Gasteiger partial charge on any atom is 0.340 e. The van der Waals surface area contributed by atoms with Gasteiger partial charge in [0.2, 0.25) is 6.29 Å². The molecule has 1 aromatic carbocycles. The van der Waals surface area contributed by atoms with E-state index in [0.717, 1.165) is 18.4 Å². The molecule has 0 saturated heterocycles. The second-order valence-corrected chi connectivity index (χ2v) is 5.62. The third-order valence-corrected chi connectivity index (χ3v) is 3.62. The average Bonchev–Trinajstić information content (AvgIpc) is 2.54. The smallest absolute Gasteiger partial charge is 0.340 e. The van der Waals surface area contributed by atoms with Gasteiger partial charge in [-0.2, -0.15) is 0 Å². The van der Waals surface area contributed by atoms with Crippen molar-refractivity contribution in [3.8, 4) is 0 Å². The number of rotatable bonds is 11. The van der Waals surface area contributed by atoms with Gasteiger partial charge in [0.15, 0.2) is 6.29 Å². The number of benzene rings is 1. The van der Waals surface area contributed by atoms with E-state index in [1.54, 1.807) is 13.0 Å². The van der Waals surface area contributed by atoms with Crippen molar-refractivity contribution in [2.75, 3.05) is 6.61 Å². The van der Waals surface area contributed by atoms with Crippen molar-refractivity contribution in [1.29, 1.82) is 0 Å². The molecule has 0 saturated carbocycles. The van der Waals surface area contributed by atoms with Crippen LogP contribution in [-0.4, -0.2) is 25.2 Å². The summed E-state index contributed by atoms with van der Waals surface area (Å²) in [4.78, 5) is 12.2. The summed E-state index contributed by atoms with van der Waals surface area (Å²) in [6.45, 7) is 8.40. The van der Waals surface area contributed by atoms with Crippen LogP contribution in [0.15, 0.2) is 24.3 Å². The second kappa shape index (κ2) is 11.2. The van der Waals surface area contributed by atoms with Gasteiger partial charge >= 0.3 is 5.97 Å². The molecule has 1 rings (SSSR count). The van der Waals surface area contributed by atoms with Crippen molar-refractivity contribution in [2.45, 2.75) is 72.4 Å². The van der Waals surface area contributed by atoms with Gasteiger partial charge in [0, 0.05) is 6.61 Å². The minimum absolute atomic E-state index is 0.356. The summed E-state index contributed by atoms with van der Waals surface area (Å²) in [7, 11) is 0. The van der Waals surface area contributed by atoms with Crippen molar-refractivity contribution in [1.82, 2.24) is 0 Å². The quantitative estimate of drug-likeness (QED) is 0.336. The zero-order valence-corrected chi connectivity index (χ0v) is 14.8. The molecule has 0 fully saturated rings. The minimum Gasteiger partial charge on any atom is -0.432 e. The Morgan fingerprint density at radius 3 is 2.48 bits per heavy atom. The molecule has 0 aromatic heterocycles. The molecule has 0 radical (unpaired) electrons. The first-order valence-electron chi connectivity index (χ1n) is 8.64. The highest BCUT2D eigenvalue weighted by atomic mass is 16.8. The molecule has 0 amide bonds. The Morgan fingerprint density at radius 1 is 1.04 bits per heavy atom. The van der Waals surface area contributed by atoms with E-state index in [4.69, 9.17) is 14.2 Å². The molecule has 0 N–H and O–H groups in total. The van der Waals surface area contributed by atoms with Gasteiger partial charge in [0.05, 0.1) is 5.56 Å². The van der Waals surface area contributed by atoms with E-state index in [0.29, 0.717) is 12.2 Å². The minimum atomic E-state index is -0.641. The van der Waals surface area contributed by atoms with Crippen LogP contribution >= 0.6 is 0 Å². The van der Waals surface area contributed by atoms with Crippen LogP contribution in [0.25, 0.3) is 0 Å². The van der Waals surface area contributed by atoms with Crippen molar-refractivity contribution in [3.05, 3.63) is 35.4 Å². The Morgan fingerprint density at radius 2 is 1.78 bits per heavy atom. The molecule has 0 aliphatic rings. The van der Waals surface area contributed by atoms with Crippen molar-refractivity contribution < 1.29 is 19.0 Å². The summed E-state index contributed by atoms with van der Waals surface area (Å²) >= 11 is 0. The van der Waals surface area contributed by atoms with E-state index in [1.807, 2.05) is 32.0 Å². The van der Waals surface area contributed by atoms with Crippen LogP contribution in [0.5, 0.6) is 0 Å². The van der Waals surface area contributed by atoms with Gasteiger partial charge in [0.25, 0.3) is 0 Å². The molecule has 2 unspecified atom stereocenters. The van der Waals surface area contributed by atoms with E-state index in [1.165, 1.54) is 19.3 Å². The van der Waals surface area contributed by atoms with Gasteiger partial charge in [-0.15, -0.1) is 0 Å². The molecule has 0 aliphatic carbocycles. The Bertz CT molecular complexity index is 458. The third-order valence-electron chi connectivity index (χ3n) is 3.62. The SMILES string of the molecule is CCCCCCOC(C)OC(C)OC(=O)c1ccccc1CC. The first-order chi connectivity index (χ1) is 11.1. The lowest BCUT2D eigenvalue weighted by molar-refractivity contribution is -0.213. The van der Waals surface area contributed by atoms with E-state index < -0.39 is 6.29 Å². The number of ether oxygens (including phenoxy) is 3. The number of hydrogen-bond donors (Lipinski definition) is 0. The monoisotopic (exact) mass is 322 g/mol. The average molecular weight is 322 g/mol. The van der Waals surface area contributed by atoms with Crippen LogP contribution in [0.4, 0.5) is 0 Å². The maximum absolute atomic E-state index is 12.2. The lowest BCUT2D eigenvalue weighted by Crippen LogP contribution is -2.25. The summed E-state index contributed by atoms with van der Waals surface area (Å²) in [5.74, 6) is -0.356. The molecule has 4 nitrogen and oxygen atoms in total. The van der Waals surface area contributed by atoms with E-state index in [-0.39, 0.29) is 12.3 Å². The van der Waals surface area contributed by atoms with Gasteiger partial charge in [0.1, 0.15) is 0 Å².